The molecule has 0 aromatic heterocycles. The first kappa shape index (κ1) is 15.7. The number of rotatable bonds is 8. The summed E-state index contributed by atoms with van der Waals surface area (Å²) in [5.74, 6) is 0.527. The Morgan fingerprint density at radius 2 is 1.95 bits per heavy atom. The highest BCUT2D eigenvalue weighted by atomic mass is 16.5. The molecule has 1 aromatic carbocycles. The number of ether oxygens (including phenoxy) is 1. The maximum atomic E-state index is 10.8. The van der Waals surface area contributed by atoms with Crippen molar-refractivity contribution in [1.82, 2.24) is 0 Å². The summed E-state index contributed by atoms with van der Waals surface area (Å²) in [4.78, 5) is 10.8. The monoisotopic (exact) mass is 266 g/mol. The molecule has 0 aliphatic carbocycles. The summed E-state index contributed by atoms with van der Waals surface area (Å²) >= 11 is 0. The number of carbonyl (C=O) groups excluding carboxylic acids is 1. The minimum Gasteiger partial charge on any atom is -0.490 e. The van der Waals surface area contributed by atoms with Crippen LogP contribution in [0.1, 0.15) is 24.2 Å². The lowest BCUT2D eigenvalue weighted by Gasteiger charge is -2.33. The van der Waals surface area contributed by atoms with Crippen LogP contribution in [0.5, 0.6) is 5.75 Å². The van der Waals surface area contributed by atoms with Crippen molar-refractivity contribution >= 4 is 6.29 Å². The highest BCUT2D eigenvalue weighted by molar-refractivity contribution is 5.79. The molecule has 0 spiro atoms. The number of benzene rings is 1. The third-order valence-corrected chi connectivity index (χ3v) is 3.66. The number of nitrogens with zero attached hydrogens (tertiary/aromatic N) is 1. The first-order valence-electron chi connectivity index (χ1n) is 6.73. The van der Waals surface area contributed by atoms with Crippen molar-refractivity contribution < 1.29 is 19.1 Å². The van der Waals surface area contributed by atoms with E-state index in [-0.39, 0.29) is 6.61 Å². The van der Waals surface area contributed by atoms with Crippen molar-refractivity contribution in [2.45, 2.75) is 20.0 Å². The summed E-state index contributed by atoms with van der Waals surface area (Å²) in [5.41, 5.74) is 0.512. The van der Waals surface area contributed by atoms with Crippen LogP contribution < -0.4 is 4.74 Å². The zero-order valence-corrected chi connectivity index (χ0v) is 12.0. The molecule has 4 heteroatoms. The quantitative estimate of drug-likeness (QED) is 0.576. The maximum absolute atomic E-state index is 10.8. The predicted octanol–water partition coefficient (Wildman–Crippen LogP) is 1.73. The van der Waals surface area contributed by atoms with Gasteiger partial charge in [-0.25, -0.2) is 0 Å². The second-order valence-electron chi connectivity index (χ2n) is 5.06. The van der Waals surface area contributed by atoms with Gasteiger partial charge >= 0.3 is 0 Å². The Balaban J connectivity index is 2.54. The van der Waals surface area contributed by atoms with Gasteiger partial charge in [0.25, 0.3) is 0 Å². The fourth-order valence-electron chi connectivity index (χ4n) is 1.94. The number of aliphatic hydroxyl groups is 1. The summed E-state index contributed by atoms with van der Waals surface area (Å²) in [6.07, 6.45) is 0.226. The smallest absolute Gasteiger partial charge is 0.153 e. The van der Waals surface area contributed by atoms with Crippen LogP contribution in [-0.4, -0.2) is 55.3 Å². The van der Waals surface area contributed by atoms with E-state index in [0.29, 0.717) is 17.9 Å². The standard InChI is InChI=1S/C15H24NO3/c1-4-16(3,5-2)10-14(18)12-19-15-9-7-6-8-13(15)11-17/h6-9,11,14,18H,4-5,10,12H2,1-3H3/q+1. The Kier molecular flexibility index (Phi) is 5.99. The van der Waals surface area contributed by atoms with Gasteiger partial charge < -0.3 is 14.3 Å². The van der Waals surface area contributed by atoms with Crippen molar-refractivity contribution in [3.63, 3.8) is 0 Å². The average Bonchev–Trinajstić information content (AvgIpc) is 2.45. The zero-order valence-electron chi connectivity index (χ0n) is 12.0. The van der Waals surface area contributed by atoms with E-state index in [2.05, 4.69) is 20.9 Å². The van der Waals surface area contributed by atoms with Gasteiger partial charge in [0.2, 0.25) is 0 Å². The summed E-state index contributed by atoms with van der Waals surface area (Å²) in [6.45, 7) is 7.02. The third kappa shape index (κ3) is 4.65. The number of hydrogen-bond acceptors (Lipinski definition) is 3. The average molecular weight is 266 g/mol. The van der Waals surface area contributed by atoms with E-state index in [1.54, 1.807) is 18.2 Å². The van der Waals surface area contributed by atoms with E-state index in [4.69, 9.17) is 4.74 Å². The van der Waals surface area contributed by atoms with Crippen molar-refractivity contribution in [3.05, 3.63) is 29.8 Å². The van der Waals surface area contributed by atoms with Crippen LogP contribution in [0.4, 0.5) is 0 Å². The first-order chi connectivity index (χ1) is 9.04. The fourth-order valence-corrected chi connectivity index (χ4v) is 1.94. The summed E-state index contributed by atoms with van der Waals surface area (Å²) in [5, 5.41) is 10.0. The lowest BCUT2D eigenvalue weighted by molar-refractivity contribution is -0.909. The Hall–Kier alpha value is -1.39. The van der Waals surface area contributed by atoms with Gasteiger partial charge in [-0.3, -0.25) is 4.79 Å². The number of hydrogen-bond donors (Lipinski definition) is 1. The van der Waals surface area contributed by atoms with Gasteiger partial charge in [0.1, 0.15) is 25.0 Å². The highest BCUT2D eigenvalue weighted by Gasteiger charge is 2.22. The van der Waals surface area contributed by atoms with Crippen LogP contribution in [0.15, 0.2) is 24.3 Å². The zero-order chi connectivity index (χ0) is 14.3. The molecule has 0 saturated heterocycles. The number of aliphatic hydroxyl groups excluding tert-OH is 1. The summed E-state index contributed by atoms with van der Waals surface area (Å²) < 4.78 is 6.34. The topological polar surface area (TPSA) is 46.5 Å². The molecule has 4 nitrogen and oxygen atoms in total. The number of para-hydroxylation sites is 1. The van der Waals surface area contributed by atoms with E-state index in [9.17, 15) is 9.90 Å². The van der Waals surface area contributed by atoms with Gasteiger partial charge in [-0.1, -0.05) is 12.1 Å². The molecule has 1 rings (SSSR count). The molecule has 0 amide bonds. The molecule has 0 bridgehead atoms. The van der Waals surface area contributed by atoms with Crippen LogP contribution in [0.25, 0.3) is 0 Å². The Morgan fingerprint density at radius 3 is 2.53 bits per heavy atom. The Bertz CT molecular complexity index is 402. The molecule has 1 atom stereocenters. The normalized spacial score (nSPS) is 13.1. The van der Waals surface area contributed by atoms with Gasteiger partial charge in [0, 0.05) is 0 Å². The second kappa shape index (κ2) is 7.26. The molecule has 19 heavy (non-hydrogen) atoms. The van der Waals surface area contributed by atoms with Gasteiger partial charge in [-0.05, 0) is 26.0 Å². The molecule has 0 fully saturated rings. The summed E-state index contributed by atoms with van der Waals surface area (Å²) in [7, 11) is 2.11. The van der Waals surface area contributed by atoms with Crippen LogP contribution in [0.3, 0.4) is 0 Å². The number of quaternary nitrogens is 1. The van der Waals surface area contributed by atoms with E-state index < -0.39 is 6.10 Å². The molecular weight excluding hydrogens is 242 g/mol. The van der Waals surface area contributed by atoms with Crippen LogP contribution in [0.2, 0.25) is 0 Å². The molecule has 0 radical (unpaired) electrons. The predicted molar refractivity (Wildman–Crippen MR) is 75.5 cm³/mol. The van der Waals surface area contributed by atoms with Crippen molar-refractivity contribution in [1.29, 1.82) is 0 Å². The van der Waals surface area contributed by atoms with E-state index in [0.717, 1.165) is 23.9 Å². The largest absolute Gasteiger partial charge is 0.490 e. The van der Waals surface area contributed by atoms with Crippen LogP contribution in [0, 0.1) is 0 Å². The summed E-state index contributed by atoms with van der Waals surface area (Å²) in [6, 6.07) is 7.04. The van der Waals surface area contributed by atoms with E-state index >= 15 is 0 Å². The third-order valence-electron chi connectivity index (χ3n) is 3.66. The molecule has 0 aliphatic heterocycles. The maximum Gasteiger partial charge on any atom is 0.153 e. The molecule has 0 heterocycles. The van der Waals surface area contributed by atoms with Crippen LogP contribution in [-0.2, 0) is 0 Å². The Labute approximate surface area is 115 Å². The van der Waals surface area contributed by atoms with Gasteiger partial charge in [0.15, 0.2) is 6.29 Å². The van der Waals surface area contributed by atoms with Crippen molar-refractivity contribution in [2.75, 3.05) is 33.3 Å². The molecule has 1 N–H and O–H groups in total. The second-order valence-corrected chi connectivity index (χ2v) is 5.06. The van der Waals surface area contributed by atoms with Gasteiger partial charge in [-0.15, -0.1) is 0 Å². The van der Waals surface area contributed by atoms with Gasteiger partial charge in [-0.2, -0.15) is 0 Å². The van der Waals surface area contributed by atoms with Crippen LogP contribution >= 0.6 is 0 Å². The SMILES string of the molecule is CC[N+](C)(CC)CC(O)COc1ccccc1C=O. The molecule has 1 unspecified atom stereocenters. The molecule has 106 valence electrons. The lowest BCUT2D eigenvalue weighted by atomic mass is 10.2. The first-order valence-corrected chi connectivity index (χ1v) is 6.73. The van der Waals surface area contributed by atoms with E-state index in [1.807, 2.05) is 6.07 Å². The number of carbonyl (C=O) groups is 1. The van der Waals surface area contributed by atoms with Crippen molar-refractivity contribution in [2.24, 2.45) is 0 Å². The van der Waals surface area contributed by atoms with Gasteiger partial charge in [0.05, 0.1) is 25.7 Å². The Morgan fingerprint density at radius 1 is 1.32 bits per heavy atom. The highest BCUT2D eigenvalue weighted by Crippen LogP contribution is 2.16. The molecule has 0 aliphatic rings. The molecule has 1 aromatic rings. The minimum atomic E-state index is -0.537. The fraction of sp³-hybridized carbons (Fsp3) is 0.533. The molecule has 0 saturated carbocycles. The minimum absolute atomic E-state index is 0.207. The van der Waals surface area contributed by atoms with Crippen molar-refractivity contribution in [3.8, 4) is 5.75 Å². The van der Waals surface area contributed by atoms with E-state index in [1.165, 1.54) is 0 Å². The lowest BCUT2D eigenvalue weighted by Crippen LogP contribution is -2.49. The number of aldehydes is 1. The molecular formula is C15H24NO3+. The number of likely N-dealkylation sites (N-methyl/N-ethyl adjacent to an activating group) is 1.